The van der Waals surface area contributed by atoms with Gasteiger partial charge < -0.3 is 10.1 Å². The number of carbonyl (C=O) groups is 1. The molecule has 1 N–H and O–H groups in total. The first-order chi connectivity index (χ1) is 12.2. The Morgan fingerprint density at radius 2 is 1.85 bits per heavy atom. The standard InChI is InChI=1S/C19H22ClNO4S/c1-13(2)25-12-15-6-4-5-14(9-15)11-21-19(22)16-7-8-17(20)18(10-16)26(3,23)24/h4-10,13H,11-12H2,1-3H3,(H,21,22). The molecule has 0 aliphatic heterocycles. The average molecular weight is 396 g/mol. The largest absolute Gasteiger partial charge is 0.374 e. The van der Waals surface area contributed by atoms with Crippen molar-refractivity contribution in [1.29, 1.82) is 0 Å². The molecule has 0 radical (unpaired) electrons. The summed E-state index contributed by atoms with van der Waals surface area (Å²) in [5, 5.41) is 2.89. The number of rotatable bonds is 7. The molecule has 0 aliphatic rings. The highest BCUT2D eigenvalue weighted by Crippen LogP contribution is 2.22. The van der Waals surface area contributed by atoms with E-state index in [1.807, 2.05) is 38.1 Å². The van der Waals surface area contributed by atoms with E-state index in [1.165, 1.54) is 18.2 Å². The third-order valence-corrected chi connectivity index (χ3v) is 5.20. The molecule has 0 atom stereocenters. The van der Waals surface area contributed by atoms with Gasteiger partial charge in [-0.05, 0) is 43.2 Å². The number of ether oxygens (including phenoxy) is 1. The van der Waals surface area contributed by atoms with Crippen LogP contribution in [0, 0.1) is 0 Å². The van der Waals surface area contributed by atoms with Crippen LogP contribution >= 0.6 is 11.6 Å². The maximum Gasteiger partial charge on any atom is 0.251 e. The summed E-state index contributed by atoms with van der Waals surface area (Å²) >= 11 is 5.91. The molecule has 0 saturated carbocycles. The van der Waals surface area contributed by atoms with Gasteiger partial charge in [0.05, 0.1) is 22.6 Å². The van der Waals surface area contributed by atoms with Crippen molar-refractivity contribution >= 4 is 27.3 Å². The van der Waals surface area contributed by atoms with E-state index in [0.29, 0.717) is 13.2 Å². The molecule has 7 heteroatoms. The van der Waals surface area contributed by atoms with E-state index in [0.717, 1.165) is 17.4 Å². The zero-order chi connectivity index (χ0) is 19.3. The highest BCUT2D eigenvalue weighted by atomic mass is 35.5. The topological polar surface area (TPSA) is 72.5 Å². The molecule has 5 nitrogen and oxygen atoms in total. The summed E-state index contributed by atoms with van der Waals surface area (Å²) in [5.74, 6) is -0.365. The number of benzene rings is 2. The Morgan fingerprint density at radius 3 is 2.50 bits per heavy atom. The van der Waals surface area contributed by atoms with Crippen molar-refractivity contribution in [3.05, 3.63) is 64.2 Å². The number of hydrogen-bond donors (Lipinski definition) is 1. The van der Waals surface area contributed by atoms with Crippen LogP contribution in [0.25, 0.3) is 0 Å². The van der Waals surface area contributed by atoms with Crippen LogP contribution in [0.2, 0.25) is 5.02 Å². The first-order valence-corrected chi connectivity index (χ1v) is 10.4. The van der Waals surface area contributed by atoms with Crippen LogP contribution in [0.15, 0.2) is 47.4 Å². The zero-order valence-electron chi connectivity index (χ0n) is 15.0. The van der Waals surface area contributed by atoms with Gasteiger partial charge in [-0.15, -0.1) is 0 Å². The van der Waals surface area contributed by atoms with Crippen molar-refractivity contribution in [1.82, 2.24) is 5.32 Å². The number of nitrogens with one attached hydrogen (secondary N) is 1. The first-order valence-electron chi connectivity index (χ1n) is 8.14. The summed E-state index contributed by atoms with van der Waals surface area (Å²) in [4.78, 5) is 12.3. The highest BCUT2D eigenvalue weighted by molar-refractivity contribution is 7.90. The fourth-order valence-electron chi connectivity index (χ4n) is 2.31. The molecule has 0 saturated heterocycles. The molecule has 0 unspecified atom stereocenters. The van der Waals surface area contributed by atoms with Crippen LogP contribution in [0.1, 0.15) is 35.3 Å². The molecule has 0 fully saturated rings. The van der Waals surface area contributed by atoms with Crippen molar-refractivity contribution in [2.75, 3.05) is 6.26 Å². The van der Waals surface area contributed by atoms with E-state index < -0.39 is 9.84 Å². The maximum absolute atomic E-state index is 12.3. The summed E-state index contributed by atoms with van der Waals surface area (Å²) in [5.41, 5.74) is 2.20. The second kappa shape index (κ2) is 8.66. The molecule has 1 amide bonds. The zero-order valence-corrected chi connectivity index (χ0v) is 16.5. The predicted molar refractivity (Wildman–Crippen MR) is 102 cm³/mol. The Labute approximate surface area is 159 Å². The lowest BCUT2D eigenvalue weighted by atomic mass is 10.1. The van der Waals surface area contributed by atoms with Gasteiger partial charge in [0.25, 0.3) is 5.91 Å². The minimum absolute atomic E-state index is 0.0559. The Morgan fingerprint density at radius 1 is 1.15 bits per heavy atom. The molecule has 0 bridgehead atoms. The lowest BCUT2D eigenvalue weighted by Crippen LogP contribution is -2.23. The van der Waals surface area contributed by atoms with Crippen LogP contribution in [-0.2, 0) is 27.7 Å². The monoisotopic (exact) mass is 395 g/mol. The smallest absolute Gasteiger partial charge is 0.251 e. The van der Waals surface area contributed by atoms with Crippen molar-refractivity contribution in [3.8, 4) is 0 Å². The quantitative estimate of drug-likeness (QED) is 0.777. The predicted octanol–water partition coefficient (Wildman–Crippen LogP) is 3.60. The third kappa shape index (κ3) is 5.83. The van der Waals surface area contributed by atoms with Gasteiger partial charge in [-0.2, -0.15) is 0 Å². The third-order valence-electron chi connectivity index (χ3n) is 3.62. The normalized spacial score (nSPS) is 11.6. The van der Waals surface area contributed by atoms with Gasteiger partial charge in [0.15, 0.2) is 9.84 Å². The molecule has 0 spiro atoms. The second-order valence-corrected chi connectivity index (χ2v) is 8.67. The van der Waals surface area contributed by atoms with Gasteiger partial charge in [0.1, 0.15) is 0 Å². The minimum atomic E-state index is -3.50. The molecule has 2 aromatic carbocycles. The van der Waals surface area contributed by atoms with Crippen LogP contribution in [0.5, 0.6) is 0 Å². The van der Waals surface area contributed by atoms with Gasteiger partial charge in [0.2, 0.25) is 0 Å². The van der Waals surface area contributed by atoms with Crippen LogP contribution < -0.4 is 5.32 Å². The van der Waals surface area contributed by atoms with Gasteiger partial charge in [0, 0.05) is 18.4 Å². The van der Waals surface area contributed by atoms with Crippen LogP contribution in [0.3, 0.4) is 0 Å². The fraction of sp³-hybridized carbons (Fsp3) is 0.316. The summed E-state index contributed by atoms with van der Waals surface area (Å²) < 4.78 is 29.0. The maximum atomic E-state index is 12.3. The lowest BCUT2D eigenvalue weighted by Gasteiger charge is -2.10. The first kappa shape index (κ1) is 20.4. The number of hydrogen-bond acceptors (Lipinski definition) is 4. The number of sulfone groups is 1. The van der Waals surface area contributed by atoms with Crippen molar-refractivity contribution < 1.29 is 17.9 Å². The van der Waals surface area contributed by atoms with E-state index in [-0.39, 0.29) is 27.5 Å². The number of halogens is 1. The Bertz CT molecular complexity index is 894. The van der Waals surface area contributed by atoms with Crippen LogP contribution in [-0.4, -0.2) is 26.7 Å². The van der Waals surface area contributed by atoms with Gasteiger partial charge in [-0.25, -0.2) is 8.42 Å². The molecule has 140 valence electrons. The molecule has 0 aliphatic carbocycles. The Hall–Kier alpha value is -1.89. The van der Waals surface area contributed by atoms with E-state index >= 15 is 0 Å². The van der Waals surface area contributed by atoms with Crippen molar-refractivity contribution in [2.45, 2.75) is 38.0 Å². The molecule has 2 aromatic rings. The molecule has 26 heavy (non-hydrogen) atoms. The average Bonchev–Trinajstić information content (AvgIpc) is 2.57. The fourth-order valence-corrected chi connectivity index (χ4v) is 3.61. The molecular formula is C19H22ClNO4S. The summed E-state index contributed by atoms with van der Waals surface area (Å²) in [6, 6.07) is 11.9. The van der Waals surface area contributed by atoms with Gasteiger partial charge in [-0.1, -0.05) is 35.9 Å². The van der Waals surface area contributed by atoms with E-state index in [1.54, 1.807) is 0 Å². The minimum Gasteiger partial charge on any atom is -0.374 e. The van der Waals surface area contributed by atoms with E-state index in [2.05, 4.69) is 5.32 Å². The Kier molecular flexibility index (Phi) is 6.81. The lowest BCUT2D eigenvalue weighted by molar-refractivity contribution is 0.0657. The SMILES string of the molecule is CC(C)OCc1cccc(CNC(=O)c2ccc(Cl)c(S(C)(=O)=O)c2)c1. The highest BCUT2D eigenvalue weighted by Gasteiger charge is 2.15. The second-order valence-electron chi connectivity index (χ2n) is 6.28. The van der Waals surface area contributed by atoms with Crippen molar-refractivity contribution in [3.63, 3.8) is 0 Å². The van der Waals surface area contributed by atoms with E-state index in [4.69, 9.17) is 16.3 Å². The molecular weight excluding hydrogens is 374 g/mol. The number of amides is 1. The van der Waals surface area contributed by atoms with Gasteiger partial charge >= 0.3 is 0 Å². The molecule has 0 aromatic heterocycles. The summed E-state index contributed by atoms with van der Waals surface area (Å²) in [6.45, 7) is 4.78. The summed E-state index contributed by atoms with van der Waals surface area (Å²) in [6.07, 6.45) is 1.20. The van der Waals surface area contributed by atoms with Gasteiger partial charge in [-0.3, -0.25) is 4.79 Å². The van der Waals surface area contributed by atoms with E-state index in [9.17, 15) is 13.2 Å². The molecule has 2 rings (SSSR count). The van der Waals surface area contributed by atoms with Crippen molar-refractivity contribution in [2.24, 2.45) is 0 Å². The Balaban J connectivity index is 2.06. The number of carbonyl (C=O) groups excluding carboxylic acids is 1. The van der Waals surface area contributed by atoms with Crippen LogP contribution in [0.4, 0.5) is 0 Å². The molecule has 0 heterocycles. The summed E-state index contributed by atoms with van der Waals surface area (Å²) in [7, 11) is -3.50.